The van der Waals surface area contributed by atoms with Crippen LogP contribution in [0.1, 0.15) is 18.1 Å². The van der Waals surface area contributed by atoms with Gasteiger partial charge in [-0.1, -0.05) is 36.4 Å². The zero-order valence-corrected chi connectivity index (χ0v) is 19.3. The van der Waals surface area contributed by atoms with E-state index < -0.39 is 0 Å². The normalized spacial score (nSPS) is 17.5. The lowest BCUT2D eigenvalue weighted by Crippen LogP contribution is -3.09. The molecule has 160 valence electrons. The summed E-state index contributed by atoms with van der Waals surface area (Å²) in [7, 11) is 4.12. The molecule has 5 heteroatoms. The molecule has 4 nitrogen and oxygen atoms in total. The van der Waals surface area contributed by atoms with Crippen LogP contribution in [0.4, 0.5) is 11.4 Å². The molecule has 0 aliphatic carbocycles. The first-order valence-corrected chi connectivity index (χ1v) is 11.9. The average molecular weight is 434 g/mol. The minimum atomic E-state index is 0.143. The number of anilines is 1. The number of rotatable bonds is 8. The third-order valence-electron chi connectivity index (χ3n) is 5.55. The first-order valence-electron chi connectivity index (χ1n) is 10.8. The van der Waals surface area contributed by atoms with Crippen molar-refractivity contribution in [1.82, 2.24) is 0 Å². The highest BCUT2D eigenvalue weighted by Crippen LogP contribution is 2.29. The van der Waals surface area contributed by atoms with Crippen molar-refractivity contribution in [2.75, 3.05) is 31.3 Å². The van der Waals surface area contributed by atoms with E-state index in [9.17, 15) is 0 Å². The van der Waals surface area contributed by atoms with E-state index in [0.717, 1.165) is 24.6 Å². The number of hydrogen-bond donors (Lipinski definition) is 1. The highest BCUT2D eigenvalue weighted by atomic mass is 32.2. The van der Waals surface area contributed by atoms with Crippen LogP contribution in [0.15, 0.2) is 73.1 Å². The molecule has 31 heavy (non-hydrogen) atoms. The summed E-state index contributed by atoms with van der Waals surface area (Å²) in [6.07, 6.45) is 8.64. The fraction of sp³-hybridized carbons (Fsp3) is 0.269. The van der Waals surface area contributed by atoms with Gasteiger partial charge in [0.1, 0.15) is 0 Å². The first-order chi connectivity index (χ1) is 15.1. The Morgan fingerprint density at radius 2 is 1.65 bits per heavy atom. The minimum Gasteiger partial charge on any atom is -0.427 e. The lowest BCUT2D eigenvalue weighted by molar-refractivity contribution is -0.850. The number of nitrogens with one attached hydrogen (secondary N) is 1. The Hall–Kier alpha value is -2.76. The van der Waals surface area contributed by atoms with Gasteiger partial charge in [0.15, 0.2) is 30.4 Å². The fourth-order valence-electron chi connectivity index (χ4n) is 3.71. The molecule has 1 aliphatic heterocycles. The largest absolute Gasteiger partial charge is 0.427 e. The van der Waals surface area contributed by atoms with E-state index in [-0.39, 0.29) is 5.56 Å². The van der Waals surface area contributed by atoms with Crippen LogP contribution < -0.4 is 19.1 Å². The molecule has 0 amide bonds. The summed E-state index contributed by atoms with van der Waals surface area (Å²) in [6, 6.07) is 21.3. The Balaban J connectivity index is 1.28. The molecule has 1 N–H and O–H groups in total. The van der Waals surface area contributed by atoms with Crippen LogP contribution in [0.3, 0.4) is 0 Å². The molecule has 0 radical (unpaired) electrons. The van der Waals surface area contributed by atoms with Crippen LogP contribution in [0, 0.1) is 0 Å². The van der Waals surface area contributed by atoms with Crippen molar-refractivity contribution in [2.45, 2.75) is 19.0 Å². The van der Waals surface area contributed by atoms with E-state index >= 15 is 0 Å². The fourth-order valence-corrected chi connectivity index (χ4v) is 4.91. The van der Waals surface area contributed by atoms with Crippen molar-refractivity contribution in [2.24, 2.45) is 0 Å². The molecular weight excluding hydrogens is 402 g/mol. The number of thioether (sulfide) groups is 1. The van der Waals surface area contributed by atoms with Crippen molar-refractivity contribution in [1.29, 1.82) is 0 Å². The van der Waals surface area contributed by atoms with Gasteiger partial charge in [-0.3, -0.25) is 4.90 Å². The molecule has 0 saturated carbocycles. The lowest BCUT2D eigenvalue weighted by Gasteiger charge is -2.16. The Kier molecular flexibility index (Phi) is 6.95. The van der Waals surface area contributed by atoms with Crippen molar-refractivity contribution < 1.29 is 14.2 Å². The molecule has 0 saturated heterocycles. The second kappa shape index (κ2) is 10.0. The Morgan fingerprint density at radius 1 is 0.968 bits per heavy atom. The Morgan fingerprint density at radius 3 is 2.32 bits per heavy atom. The van der Waals surface area contributed by atoms with Crippen LogP contribution in [0.5, 0.6) is 5.75 Å². The van der Waals surface area contributed by atoms with Crippen molar-refractivity contribution >= 4 is 35.3 Å². The second-order valence-corrected chi connectivity index (χ2v) is 9.05. The summed E-state index contributed by atoms with van der Waals surface area (Å²) >= 11 is 1.89. The zero-order valence-electron chi connectivity index (χ0n) is 18.5. The van der Waals surface area contributed by atoms with Crippen molar-refractivity contribution in [3.05, 3.63) is 84.2 Å². The highest BCUT2D eigenvalue weighted by Gasteiger charge is 2.35. The number of pyridine rings is 1. The maximum absolute atomic E-state index is 6.17. The molecule has 0 bridgehead atoms. The van der Waals surface area contributed by atoms with Crippen molar-refractivity contribution in [3.8, 4) is 5.75 Å². The second-order valence-electron chi connectivity index (χ2n) is 7.88. The summed E-state index contributed by atoms with van der Waals surface area (Å²) in [5.74, 6) is 2.04. The summed E-state index contributed by atoms with van der Waals surface area (Å²) < 4.78 is 8.41. The standard InChI is InChI=1S/C26H30N3OS/c1-4-29-24-7-5-6-8-25(24)30-26(29)31-20-19-28-17-15-22(16-18-28)10-9-21-11-13-23(14-12-21)27(2)3/h5-18,26H,4,19-20H2,1-3H3/q+1/p+1. The van der Waals surface area contributed by atoms with Gasteiger partial charge in [-0.2, -0.15) is 0 Å². The third kappa shape index (κ3) is 5.30. The predicted octanol–water partition coefficient (Wildman–Crippen LogP) is 3.86. The minimum absolute atomic E-state index is 0.143. The van der Waals surface area contributed by atoms with E-state index in [1.807, 2.05) is 17.8 Å². The van der Waals surface area contributed by atoms with Crippen LogP contribution >= 0.6 is 11.8 Å². The van der Waals surface area contributed by atoms with E-state index in [1.165, 1.54) is 27.4 Å². The van der Waals surface area contributed by atoms with E-state index in [2.05, 4.69) is 110 Å². The molecule has 1 aliphatic rings. The van der Waals surface area contributed by atoms with Gasteiger partial charge >= 0.3 is 0 Å². The molecule has 2 atom stereocenters. The topological polar surface area (TPSA) is 20.8 Å². The number of aryl methyl sites for hydroxylation is 1. The Bertz CT molecular complexity index is 1020. The third-order valence-corrected chi connectivity index (χ3v) is 6.65. The number of hydrogen-bond acceptors (Lipinski definition) is 3. The molecule has 2 aromatic carbocycles. The van der Waals surface area contributed by atoms with Gasteiger partial charge < -0.3 is 9.64 Å². The zero-order chi connectivity index (χ0) is 21.6. The first kappa shape index (κ1) is 21.5. The number of aromatic nitrogens is 1. The molecule has 2 heterocycles. The number of para-hydroxylation sites is 2. The smallest absolute Gasteiger partial charge is 0.286 e. The van der Waals surface area contributed by atoms with Gasteiger partial charge in [0.25, 0.3) is 5.56 Å². The molecule has 4 rings (SSSR count). The Labute approximate surface area is 189 Å². The van der Waals surface area contributed by atoms with Gasteiger partial charge in [-0.05, 0) is 48.0 Å². The van der Waals surface area contributed by atoms with E-state index in [4.69, 9.17) is 4.74 Å². The maximum Gasteiger partial charge on any atom is 0.286 e. The molecule has 0 spiro atoms. The predicted molar refractivity (Wildman–Crippen MR) is 131 cm³/mol. The van der Waals surface area contributed by atoms with Crippen molar-refractivity contribution in [3.63, 3.8) is 0 Å². The van der Waals surface area contributed by atoms with E-state index in [0.29, 0.717) is 0 Å². The molecule has 0 fully saturated rings. The van der Waals surface area contributed by atoms with Gasteiger partial charge in [0.05, 0.1) is 12.3 Å². The summed E-state index contributed by atoms with van der Waals surface area (Å²) in [4.78, 5) is 3.52. The van der Waals surface area contributed by atoms with Crippen LogP contribution in [0.2, 0.25) is 0 Å². The molecule has 1 aromatic heterocycles. The number of nitrogens with zero attached hydrogens (tertiary/aromatic N) is 2. The number of quaternary nitrogens is 1. The lowest BCUT2D eigenvalue weighted by atomic mass is 10.1. The van der Waals surface area contributed by atoms with Crippen LogP contribution in [-0.2, 0) is 6.54 Å². The average Bonchev–Trinajstić information content (AvgIpc) is 3.16. The quantitative estimate of drug-likeness (QED) is 0.545. The van der Waals surface area contributed by atoms with Gasteiger partial charge in [-0.15, -0.1) is 0 Å². The number of ether oxygens (including phenoxy) is 1. The maximum atomic E-state index is 6.17. The van der Waals surface area contributed by atoms with E-state index in [1.54, 1.807) is 0 Å². The summed E-state index contributed by atoms with van der Waals surface area (Å²) in [5, 5.41) is 0. The number of benzene rings is 2. The van der Waals surface area contributed by atoms with Crippen LogP contribution in [-0.4, -0.2) is 32.0 Å². The monoisotopic (exact) mass is 433 g/mol. The van der Waals surface area contributed by atoms with Gasteiger partial charge in [-0.25, -0.2) is 4.57 Å². The molecule has 3 aromatic rings. The SMILES string of the molecule is CC[NH+]1c2ccccc2OC1SCC[n+]1ccc(/C=C/c2ccc(N(C)C)cc2)cc1. The summed E-state index contributed by atoms with van der Waals surface area (Å²) in [5.41, 5.74) is 5.05. The highest BCUT2D eigenvalue weighted by molar-refractivity contribution is 7.99. The summed E-state index contributed by atoms with van der Waals surface area (Å²) in [6.45, 7) is 4.21. The molecular formula is C26H31N3OS+2. The van der Waals surface area contributed by atoms with Gasteiger partial charge in [0.2, 0.25) is 0 Å². The van der Waals surface area contributed by atoms with Crippen LogP contribution in [0.25, 0.3) is 12.2 Å². The molecule has 2 unspecified atom stereocenters. The van der Waals surface area contributed by atoms with Gasteiger partial charge in [0, 0.05) is 38.0 Å². The number of fused-ring (bicyclic) bond motifs is 1.